The van der Waals surface area contributed by atoms with Crippen molar-refractivity contribution in [1.82, 2.24) is 5.32 Å². The number of hydrogen-bond donors (Lipinski definition) is 4. The molecule has 0 radical (unpaired) electrons. The van der Waals surface area contributed by atoms with E-state index in [1.807, 2.05) is 24.3 Å². The van der Waals surface area contributed by atoms with Crippen LogP contribution in [0.1, 0.15) is 37.9 Å². The molecule has 3 aliphatic rings. The number of benzene rings is 1. The minimum absolute atomic E-state index is 0.0610. The average Bonchev–Trinajstić information content (AvgIpc) is 3.27. The molecule has 4 rings (SSSR count). The van der Waals surface area contributed by atoms with E-state index in [0.29, 0.717) is 35.0 Å². The van der Waals surface area contributed by atoms with Crippen molar-refractivity contribution in [3.63, 3.8) is 0 Å². The van der Waals surface area contributed by atoms with Gasteiger partial charge in [0.25, 0.3) is 5.91 Å². The maximum Gasteiger partial charge on any atom is 0.273 e. The molecular weight excluding hydrogens is 316 g/mol. The number of carbonyl (C=O) groups excluding carboxylic acids is 1. The Morgan fingerprint density at radius 1 is 1.32 bits per heavy atom. The predicted molar refractivity (Wildman–Crippen MR) is 96.4 cm³/mol. The molecule has 2 saturated heterocycles. The molecule has 1 amide bonds. The standard InChI is InChI=1S/C19H24N4O2/c1-10(16(20)11-2-3-11)17(21)19(24)23-13-6-4-12(5-7-13)18-15-8-14(25-18)9-22-15/h4-7,11,14-15,18,21-22H,2-3,8-9,20H2,1H3,(H,23,24)/t14-,15-,18+/m1/s1. The van der Waals surface area contributed by atoms with Gasteiger partial charge in [-0.15, -0.1) is 0 Å². The maximum atomic E-state index is 12.3. The summed E-state index contributed by atoms with van der Waals surface area (Å²) in [6.07, 6.45) is 3.58. The smallest absolute Gasteiger partial charge is 0.273 e. The van der Waals surface area contributed by atoms with E-state index in [9.17, 15) is 4.79 Å². The molecule has 1 saturated carbocycles. The second-order valence-electron chi connectivity index (χ2n) is 7.23. The van der Waals surface area contributed by atoms with Gasteiger partial charge in [-0.25, -0.2) is 0 Å². The van der Waals surface area contributed by atoms with Crippen LogP contribution in [0.15, 0.2) is 35.5 Å². The number of nitrogens with one attached hydrogen (secondary N) is 3. The van der Waals surface area contributed by atoms with E-state index in [1.165, 1.54) is 0 Å². The van der Waals surface area contributed by atoms with Crippen LogP contribution in [0.2, 0.25) is 0 Å². The van der Waals surface area contributed by atoms with Gasteiger partial charge in [-0.2, -0.15) is 0 Å². The van der Waals surface area contributed by atoms with Crippen molar-refractivity contribution in [2.45, 2.75) is 44.4 Å². The quantitative estimate of drug-likeness (QED) is 0.617. The normalized spacial score (nSPS) is 28.6. The molecule has 6 heteroatoms. The van der Waals surface area contributed by atoms with Crippen molar-refractivity contribution in [2.75, 3.05) is 11.9 Å². The summed E-state index contributed by atoms with van der Waals surface area (Å²) in [5, 5.41) is 14.3. The average molecular weight is 340 g/mol. The van der Waals surface area contributed by atoms with Crippen molar-refractivity contribution in [1.29, 1.82) is 5.41 Å². The molecule has 1 aliphatic carbocycles. The van der Waals surface area contributed by atoms with E-state index < -0.39 is 5.91 Å². The molecule has 2 aliphatic heterocycles. The second-order valence-corrected chi connectivity index (χ2v) is 7.23. The van der Waals surface area contributed by atoms with Crippen LogP contribution in [0.25, 0.3) is 0 Å². The highest BCUT2D eigenvalue weighted by Gasteiger charge is 2.41. The Bertz CT molecular complexity index is 736. The first kappa shape index (κ1) is 16.3. The number of rotatable bonds is 5. The fourth-order valence-electron chi connectivity index (χ4n) is 3.64. The van der Waals surface area contributed by atoms with Gasteiger partial charge in [0.15, 0.2) is 0 Å². The van der Waals surface area contributed by atoms with Gasteiger partial charge in [0.2, 0.25) is 0 Å². The van der Waals surface area contributed by atoms with E-state index in [0.717, 1.165) is 31.4 Å². The number of morpholine rings is 1. The van der Waals surface area contributed by atoms with E-state index in [1.54, 1.807) is 6.92 Å². The zero-order valence-electron chi connectivity index (χ0n) is 14.3. The van der Waals surface area contributed by atoms with E-state index >= 15 is 0 Å². The highest BCUT2D eigenvalue weighted by Crippen LogP contribution is 2.37. The lowest BCUT2D eigenvalue weighted by molar-refractivity contribution is -0.110. The number of carbonyl (C=O) groups is 1. The minimum atomic E-state index is -0.424. The molecule has 0 aromatic heterocycles. The molecule has 25 heavy (non-hydrogen) atoms. The number of ether oxygens (including phenoxy) is 1. The molecule has 3 atom stereocenters. The monoisotopic (exact) mass is 340 g/mol. The molecule has 2 bridgehead atoms. The van der Waals surface area contributed by atoms with Gasteiger partial charge in [0.05, 0.1) is 12.2 Å². The lowest BCUT2D eigenvalue weighted by Gasteiger charge is -2.23. The fourth-order valence-corrected chi connectivity index (χ4v) is 3.64. The van der Waals surface area contributed by atoms with Crippen LogP contribution in [0.4, 0.5) is 5.69 Å². The van der Waals surface area contributed by atoms with Crippen molar-refractivity contribution in [3.05, 3.63) is 41.1 Å². The number of allylic oxidation sites excluding steroid dienone is 1. The molecule has 0 spiro atoms. The zero-order valence-corrected chi connectivity index (χ0v) is 14.3. The van der Waals surface area contributed by atoms with Crippen LogP contribution in [0.5, 0.6) is 0 Å². The Morgan fingerprint density at radius 3 is 2.60 bits per heavy atom. The van der Waals surface area contributed by atoms with Gasteiger partial charge < -0.3 is 21.1 Å². The summed E-state index contributed by atoms with van der Waals surface area (Å²) in [5.41, 5.74) is 9.00. The van der Waals surface area contributed by atoms with Gasteiger partial charge in [0.1, 0.15) is 5.71 Å². The third-order valence-electron chi connectivity index (χ3n) is 5.38. The first-order valence-electron chi connectivity index (χ1n) is 8.88. The molecule has 6 nitrogen and oxygen atoms in total. The number of fused-ring (bicyclic) bond motifs is 2. The Kier molecular flexibility index (Phi) is 4.09. The third-order valence-corrected chi connectivity index (χ3v) is 5.38. The molecular formula is C19H24N4O2. The molecule has 1 aromatic rings. The lowest BCUT2D eigenvalue weighted by atomic mass is 10.0. The van der Waals surface area contributed by atoms with Crippen molar-refractivity contribution >= 4 is 17.3 Å². The van der Waals surface area contributed by atoms with Crippen LogP contribution < -0.4 is 16.4 Å². The molecule has 132 valence electrons. The molecule has 5 N–H and O–H groups in total. The van der Waals surface area contributed by atoms with Crippen LogP contribution in [-0.4, -0.2) is 30.3 Å². The minimum Gasteiger partial charge on any atom is -0.402 e. The SMILES string of the molecule is CC(C(=N)C(=O)Nc1ccc([C@@H]2O[C@H]3CN[C@@H]2C3)cc1)=C(N)C1CC1. The van der Waals surface area contributed by atoms with Crippen LogP contribution >= 0.6 is 0 Å². The number of nitrogens with two attached hydrogens (primary N) is 1. The number of amides is 1. The Morgan fingerprint density at radius 2 is 2.04 bits per heavy atom. The summed E-state index contributed by atoms with van der Waals surface area (Å²) < 4.78 is 5.99. The first-order valence-corrected chi connectivity index (χ1v) is 8.88. The van der Waals surface area contributed by atoms with Gasteiger partial charge in [0, 0.05) is 24.0 Å². The van der Waals surface area contributed by atoms with Gasteiger partial charge in [-0.05, 0) is 55.4 Å². The van der Waals surface area contributed by atoms with Gasteiger partial charge >= 0.3 is 0 Å². The highest BCUT2D eigenvalue weighted by atomic mass is 16.5. The van der Waals surface area contributed by atoms with Crippen molar-refractivity contribution < 1.29 is 9.53 Å². The topological polar surface area (TPSA) is 100 Å². The summed E-state index contributed by atoms with van der Waals surface area (Å²) in [7, 11) is 0. The highest BCUT2D eigenvalue weighted by molar-refractivity contribution is 6.47. The number of hydrogen-bond acceptors (Lipinski definition) is 5. The molecule has 2 heterocycles. The fraction of sp³-hybridized carbons (Fsp3) is 0.474. The summed E-state index contributed by atoms with van der Waals surface area (Å²) in [4.78, 5) is 12.3. The van der Waals surface area contributed by atoms with E-state index in [4.69, 9.17) is 15.9 Å². The maximum absolute atomic E-state index is 12.3. The Hall–Kier alpha value is -2.18. The summed E-state index contributed by atoms with van der Waals surface area (Å²) in [6.45, 7) is 2.69. The predicted octanol–water partition coefficient (Wildman–Crippen LogP) is 2.09. The van der Waals surface area contributed by atoms with Crippen LogP contribution in [0.3, 0.4) is 0 Å². The van der Waals surface area contributed by atoms with E-state index in [2.05, 4.69) is 10.6 Å². The van der Waals surface area contributed by atoms with Crippen LogP contribution in [-0.2, 0) is 9.53 Å². The largest absolute Gasteiger partial charge is 0.402 e. The first-order chi connectivity index (χ1) is 12.0. The van der Waals surface area contributed by atoms with Crippen LogP contribution in [0, 0.1) is 11.3 Å². The third kappa shape index (κ3) is 3.19. The van der Waals surface area contributed by atoms with E-state index in [-0.39, 0.29) is 11.8 Å². The Labute approximate surface area is 147 Å². The summed E-state index contributed by atoms with van der Waals surface area (Å²) >= 11 is 0. The van der Waals surface area contributed by atoms with Crippen molar-refractivity contribution in [2.24, 2.45) is 11.7 Å². The van der Waals surface area contributed by atoms with Gasteiger partial charge in [-0.1, -0.05) is 12.1 Å². The van der Waals surface area contributed by atoms with Gasteiger partial charge in [-0.3, -0.25) is 10.2 Å². The molecule has 0 unspecified atom stereocenters. The Balaban J connectivity index is 1.40. The van der Waals surface area contributed by atoms with Crippen molar-refractivity contribution in [3.8, 4) is 0 Å². The number of anilines is 1. The molecule has 1 aromatic carbocycles. The summed E-state index contributed by atoms with van der Waals surface area (Å²) in [5.74, 6) is -0.0746. The lowest BCUT2D eigenvalue weighted by Crippen LogP contribution is -2.34. The molecule has 3 fully saturated rings. The summed E-state index contributed by atoms with van der Waals surface area (Å²) in [6, 6.07) is 8.07. The zero-order chi connectivity index (χ0) is 17.6. The second kappa shape index (κ2) is 6.28.